The molecule has 0 saturated heterocycles. The molecule has 0 unspecified atom stereocenters. The van der Waals surface area contributed by atoms with Crippen LogP contribution in [0.2, 0.25) is 0 Å². The minimum atomic E-state index is 0.536. The summed E-state index contributed by atoms with van der Waals surface area (Å²) in [6, 6.07) is 0.536. The molecule has 1 fully saturated rings. The zero-order valence-electron chi connectivity index (χ0n) is 6.10. The predicted octanol–water partition coefficient (Wildman–Crippen LogP) is 2.08. The summed E-state index contributed by atoms with van der Waals surface area (Å²) in [5.41, 5.74) is 5.63. The molecule has 1 heteroatoms. The van der Waals surface area contributed by atoms with Gasteiger partial charge in [-0.1, -0.05) is 19.3 Å². The van der Waals surface area contributed by atoms with E-state index in [0.717, 1.165) is 0 Å². The first kappa shape index (κ1) is 8.70. The van der Waals surface area contributed by atoms with Crippen molar-refractivity contribution in [2.75, 3.05) is 0 Å². The molecule has 0 heterocycles. The van der Waals surface area contributed by atoms with E-state index in [9.17, 15) is 0 Å². The Morgan fingerprint density at radius 1 is 1.00 bits per heavy atom. The van der Waals surface area contributed by atoms with Gasteiger partial charge in [0.2, 0.25) is 0 Å². The number of hydrogen-bond acceptors (Lipinski definition) is 1. The number of nitrogens with two attached hydrogens (primary N) is 1. The molecule has 1 rings (SSSR count). The fourth-order valence-corrected chi connectivity index (χ4v) is 1.13. The van der Waals surface area contributed by atoms with Crippen molar-refractivity contribution in [3.63, 3.8) is 0 Å². The lowest BCUT2D eigenvalue weighted by atomic mass is 9.97. The van der Waals surface area contributed by atoms with Crippen molar-refractivity contribution < 1.29 is 0 Å². The maximum absolute atomic E-state index is 5.63. The Morgan fingerprint density at radius 3 is 1.67 bits per heavy atom. The molecule has 9 heavy (non-hydrogen) atoms. The maximum Gasteiger partial charge on any atom is 0.00388 e. The number of rotatable bonds is 0. The quantitative estimate of drug-likeness (QED) is 0.495. The predicted molar refractivity (Wildman–Crippen MR) is 42.3 cm³/mol. The van der Waals surface area contributed by atoms with Crippen molar-refractivity contribution in [1.29, 1.82) is 0 Å². The first-order valence-electron chi connectivity index (χ1n) is 3.65. The van der Waals surface area contributed by atoms with Crippen molar-refractivity contribution in [3.05, 3.63) is 13.2 Å². The van der Waals surface area contributed by atoms with Gasteiger partial charge in [0.05, 0.1) is 0 Å². The largest absolute Gasteiger partial charge is 0.328 e. The van der Waals surface area contributed by atoms with E-state index in [4.69, 9.17) is 5.73 Å². The molecule has 0 spiro atoms. The highest BCUT2D eigenvalue weighted by molar-refractivity contribution is 4.66. The van der Waals surface area contributed by atoms with Crippen molar-refractivity contribution >= 4 is 0 Å². The van der Waals surface area contributed by atoms with Crippen molar-refractivity contribution in [1.82, 2.24) is 0 Å². The summed E-state index contributed by atoms with van der Waals surface area (Å²) in [5, 5.41) is 0. The fraction of sp³-hybridized carbons (Fsp3) is 0.750. The van der Waals surface area contributed by atoms with E-state index >= 15 is 0 Å². The van der Waals surface area contributed by atoms with Crippen molar-refractivity contribution in [2.45, 2.75) is 38.1 Å². The van der Waals surface area contributed by atoms with Gasteiger partial charge in [-0.2, -0.15) is 0 Å². The van der Waals surface area contributed by atoms with Crippen LogP contribution in [0.15, 0.2) is 13.2 Å². The van der Waals surface area contributed by atoms with Gasteiger partial charge in [0.1, 0.15) is 0 Å². The van der Waals surface area contributed by atoms with E-state index in [1.165, 1.54) is 32.1 Å². The molecule has 1 aliphatic rings. The van der Waals surface area contributed by atoms with Crippen molar-refractivity contribution in [3.8, 4) is 0 Å². The summed E-state index contributed by atoms with van der Waals surface area (Å²) < 4.78 is 0. The van der Waals surface area contributed by atoms with E-state index in [2.05, 4.69) is 13.2 Å². The van der Waals surface area contributed by atoms with Gasteiger partial charge in [-0.25, -0.2) is 0 Å². The monoisotopic (exact) mass is 127 g/mol. The summed E-state index contributed by atoms with van der Waals surface area (Å²) in [7, 11) is 0. The van der Waals surface area contributed by atoms with Crippen LogP contribution in [-0.2, 0) is 0 Å². The Morgan fingerprint density at radius 2 is 1.44 bits per heavy atom. The van der Waals surface area contributed by atoms with Gasteiger partial charge < -0.3 is 5.73 Å². The molecule has 54 valence electrons. The Bertz CT molecular complexity index is 55.6. The molecule has 0 amide bonds. The van der Waals surface area contributed by atoms with Gasteiger partial charge in [-0.3, -0.25) is 0 Å². The summed E-state index contributed by atoms with van der Waals surface area (Å²) in [6.07, 6.45) is 6.66. The molecule has 0 aromatic rings. The van der Waals surface area contributed by atoms with Gasteiger partial charge >= 0.3 is 0 Å². The minimum absolute atomic E-state index is 0.536. The lowest BCUT2D eigenvalue weighted by molar-refractivity contribution is 0.441. The van der Waals surface area contributed by atoms with Crippen LogP contribution in [0.5, 0.6) is 0 Å². The molecule has 1 saturated carbocycles. The second-order valence-corrected chi connectivity index (χ2v) is 2.40. The van der Waals surface area contributed by atoms with Crippen LogP contribution in [0, 0.1) is 0 Å². The molecule has 0 bridgehead atoms. The van der Waals surface area contributed by atoms with E-state index in [0.29, 0.717) is 6.04 Å². The molecule has 0 aromatic carbocycles. The standard InChI is InChI=1S/C6H13N.C2H4/c7-6-4-2-1-3-5-6;1-2/h6H,1-5,7H2;1-2H2. The Hall–Kier alpha value is -0.300. The van der Waals surface area contributed by atoms with E-state index in [1.54, 1.807) is 0 Å². The second kappa shape index (κ2) is 5.83. The molecule has 2 N–H and O–H groups in total. The highest BCUT2D eigenvalue weighted by Gasteiger charge is 2.06. The van der Waals surface area contributed by atoms with E-state index in [1.807, 2.05) is 0 Å². The van der Waals surface area contributed by atoms with Gasteiger partial charge in [-0.05, 0) is 12.8 Å². The normalized spacial score (nSPS) is 20.1. The zero-order valence-corrected chi connectivity index (χ0v) is 6.10. The average molecular weight is 127 g/mol. The van der Waals surface area contributed by atoms with Crippen LogP contribution in [0.25, 0.3) is 0 Å². The zero-order chi connectivity index (χ0) is 7.11. The van der Waals surface area contributed by atoms with E-state index in [-0.39, 0.29) is 0 Å². The second-order valence-electron chi connectivity index (χ2n) is 2.40. The number of hydrogen-bond donors (Lipinski definition) is 1. The van der Waals surface area contributed by atoms with Gasteiger partial charge in [0, 0.05) is 6.04 Å². The van der Waals surface area contributed by atoms with Crippen LogP contribution in [0.4, 0.5) is 0 Å². The lowest BCUT2D eigenvalue weighted by Gasteiger charge is -2.15. The molecular formula is C8H17N. The average Bonchev–Trinajstić information content (AvgIpc) is 1.94. The molecule has 1 nitrogen and oxygen atoms in total. The summed E-state index contributed by atoms with van der Waals surface area (Å²) >= 11 is 0. The third-order valence-electron chi connectivity index (χ3n) is 1.65. The third-order valence-corrected chi connectivity index (χ3v) is 1.65. The molecular weight excluding hydrogens is 110 g/mol. The van der Waals surface area contributed by atoms with Crippen LogP contribution in [-0.4, -0.2) is 6.04 Å². The van der Waals surface area contributed by atoms with Crippen LogP contribution >= 0.6 is 0 Å². The Balaban J connectivity index is 0.000000291. The van der Waals surface area contributed by atoms with Gasteiger partial charge in [0.15, 0.2) is 0 Å². The first-order valence-corrected chi connectivity index (χ1v) is 3.65. The first-order chi connectivity index (χ1) is 4.39. The Kier molecular flexibility index (Phi) is 5.64. The SMILES string of the molecule is C=C.NC1CCCCC1. The summed E-state index contributed by atoms with van der Waals surface area (Å²) in [4.78, 5) is 0. The van der Waals surface area contributed by atoms with Crippen molar-refractivity contribution in [2.24, 2.45) is 5.73 Å². The lowest BCUT2D eigenvalue weighted by Crippen LogP contribution is -2.22. The summed E-state index contributed by atoms with van der Waals surface area (Å²) in [5.74, 6) is 0. The fourth-order valence-electron chi connectivity index (χ4n) is 1.13. The third kappa shape index (κ3) is 4.22. The topological polar surface area (TPSA) is 26.0 Å². The smallest absolute Gasteiger partial charge is 0.00388 e. The van der Waals surface area contributed by atoms with Crippen LogP contribution in [0.3, 0.4) is 0 Å². The van der Waals surface area contributed by atoms with Crippen LogP contribution < -0.4 is 5.73 Å². The maximum atomic E-state index is 5.63. The highest BCUT2D eigenvalue weighted by Crippen LogP contribution is 2.14. The van der Waals surface area contributed by atoms with E-state index < -0.39 is 0 Å². The summed E-state index contributed by atoms with van der Waals surface area (Å²) in [6.45, 7) is 6.00. The van der Waals surface area contributed by atoms with Crippen LogP contribution in [0.1, 0.15) is 32.1 Å². The molecule has 0 aliphatic heterocycles. The Labute approximate surface area is 57.9 Å². The van der Waals surface area contributed by atoms with Gasteiger partial charge in [0.25, 0.3) is 0 Å². The molecule has 1 aliphatic carbocycles. The molecule has 0 radical (unpaired) electrons. The minimum Gasteiger partial charge on any atom is -0.328 e. The van der Waals surface area contributed by atoms with Gasteiger partial charge in [-0.15, -0.1) is 13.2 Å². The highest BCUT2D eigenvalue weighted by atomic mass is 14.6. The molecule has 0 aromatic heterocycles. The molecule has 0 atom stereocenters.